The Hall–Kier alpha value is -2.12. The van der Waals surface area contributed by atoms with Crippen LogP contribution in [0.4, 0.5) is 0 Å². The molecule has 1 aromatic carbocycles. The Kier molecular flexibility index (Phi) is 4.78. The molecule has 1 aromatic heterocycles. The molecule has 6 heteroatoms. The van der Waals surface area contributed by atoms with Gasteiger partial charge in [0, 0.05) is 18.3 Å². The van der Waals surface area contributed by atoms with E-state index in [4.69, 9.17) is 23.7 Å². The Labute approximate surface area is 177 Å². The Bertz CT molecular complexity index is 988. The van der Waals surface area contributed by atoms with Crippen LogP contribution in [0.1, 0.15) is 27.7 Å². The number of aromatic nitrogens is 1. The summed E-state index contributed by atoms with van der Waals surface area (Å²) in [5.41, 5.74) is 1.22. The minimum absolute atomic E-state index is 0.189. The summed E-state index contributed by atoms with van der Waals surface area (Å²) in [6.07, 6.45) is 7.33. The molecule has 6 nitrogen and oxygen atoms in total. The zero-order valence-electron chi connectivity index (χ0n) is 17.9. The number of benzene rings is 1. The Balaban J connectivity index is 1.32. The second-order valence-electron chi connectivity index (χ2n) is 8.99. The highest BCUT2D eigenvalue weighted by Crippen LogP contribution is 2.43. The van der Waals surface area contributed by atoms with Gasteiger partial charge in [0.1, 0.15) is 24.1 Å². The van der Waals surface area contributed by atoms with Gasteiger partial charge in [0.25, 0.3) is 0 Å². The van der Waals surface area contributed by atoms with Gasteiger partial charge in [-0.25, -0.2) is 0 Å². The van der Waals surface area contributed by atoms with Gasteiger partial charge in [0.2, 0.25) is 0 Å². The quantitative estimate of drug-likeness (QED) is 0.757. The van der Waals surface area contributed by atoms with E-state index < -0.39 is 11.6 Å². The molecule has 0 amide bonds. The van der Waals surface area contributed by atoms with Gasteiger partial charge in [-0.2, -0.15) is 0 Å². The maximum absolute atomic E-state index is 6.25. The monoisotopic (exact) mass is 411 g/mol. The molecule has 0 spiro atoms. The van der Waals surface area contributed by atoms with Crippen LogP contribution in [0.5, 0.6) is 0 Å². The molecule has 4 atom stereocenters. The molecule has 160 valence electrons. The maximum atomic E-state index is 6.25. The van der Waals surface area contributed by atoms with Crippen LogP contribution in [0, 0.1) is 0 Å². The molecular weight excluding hydrogens is 382 g/mol. The molecular formula is C24H29NO5. The highest BCUT2D eigenvalue weighted by atomic mass is 16.8. The van der Waals surface area contributed by atoms with Gasteiger partial charge in [0.05, 0.1) is 6.61 Å². The molecule has 0 unspecified atom stereocenters. The first-order valence-electron chi connectivity index (χ1n) is 10.6. The number of hydrogen-bond acceptors (Lipinski definition) is 5. The molecule has 3 aliphatic heterocycles. The van der Waals surface area contributed by atoms with Crippen LogP contribution in [0.25, 0.3) is 10.9 Å². The lowest BCUT2D eigenvalue weighted by Crippen LogP contribution is -2.40. The van der Waals surface area contributed by atoms with Gasteiger partial charge in [-0.3, -0.25) is 0 Å². The lowest BCUT2D eigenvalue weighted by molar-refractivity contribution is -0.187. The summed E-state index contributed by atoms with van der Waals surface area (Å²) in [6.45, 7) is 8.96. The third kappa shape index (κ3) is 3.69. The molecule has 3 aliphatic rings. The summed E-state index contributed by atoms with van der Waals surface area (Å²) in [5.74, 6) is -0.485. The topological polar surface area (TPSA) is 51.1 Å². The van der Waals surface area contributed by atoms with Crippen LogP contribution in [-0.4, -0.2) is 47.2 Å². The number of hydrogen-bond donors (Lipinski definition) is 0. The van der Waals surface area contributed by atoms with Crippen molar-refractivity contribution in [2.75, 3.05) is 6.61 Å². The average molecular weight is 411 g/mol. The van der Waals surface area contributed by atoms with Gasteiger partial charge in [-0.05, 0) is 51.3 Å². The summed E-state index contributed by atoms with van der Waals surface area (Å²) in [7, 11) is 0. The van der Waals surface area contributed by atoms with E-state index in [0.29, 0.717) is 6.61 Å². The largest absolute Gasteiger partial charge is 0.486 e. The predicted molar refractivity (Wildman–Crippen MR) is 113 cm³/mol. The van der Waals surface area contributed by atoms with Crippen molar-refractivity contribution in [3.8, 4) is 0 Å². The molecule has 0 saturated carbocycles. The van der Waals surface area contributed by atoms with E-state index in [2.05, 4.69) is 47.2 Å². The van der Waals surface area contributed by atoms with E-state index in [1.165, 1.54) is 10.9 Å². The van der Waals surface area contributed by atoms with E-state index in [1.54, 1.807) is 0 Å². The fraction of sp³-hybridized carbons (Fsp3) is 0.500. The van der Waals surface area contributed by atoms with Gasteiger partial charge in [-0.1, -0.05) is 30.4 Å². The second kappa shape index (κ2) is 7.24. The van der Waals surface area contributed by atoms with Gasteiger partial charge in [-0.15, -0.1) is 0 Å². The number of nitrogens with zero attached hydrogens (tertiary/aromatic N) is 1. The van der Waals surface area contributed by atoms with Crippen LogP contribution in [-0.2, 0) is 30.2 Å². The number of rotatable bonds is 4. The molecule has 0 N–H and O–H groups in total. The maximum Gasteiger partial charge on any atom is 0.164 e. The predicted octanol–water partition coefficient (Wildman–Crippen LogP) is 4.15. The zero-order chi connectivity index (χ0) is 20.9. The average Bonchev–Trinajstić information content (AvgIpc) is 3.41. The van der Waals surface area contributed by atoms with Crippen LogP contribution in [0.15, 0.2) is 60.5 Å². The summed E-state index contributed by atoms with van der Waals surface area (Å²) in [5, 5.41) is 1.24. The van der Waals surface area contributed by atoms with Crippen LogP contribution in [0.2, 0.25) is 0 Å². The van der Waals surface area contributed by atoms with Crippen molar-refractivity contribution in [3.05, 3.63) is 60.5 Å². The molecule has 30 heavy (non-hydrogen) atoms. The smallest absolute Gasteiger partial charge is 0.164 e. The Morgan fingerprint density at radius 1 is 1.00 bits per heavy atom. The van der Waals surface area contributed by atoms with E-state index in [0.717, 1.165) is 12.3 Å². The van der Waals surface area contributed by atoms with Gasteiger partial charge >= 0.3 is 0 Å². The number of fused-ring (bicyclic) bond motifs is 2. The van der Waals surface area contributed by atoms with Crippen molar-refractivity contribution in [1.29, 1.82) is 0 Å². The normalized spacial score (nSPS) is 33.5. The van der Waals surface area contributed by atoms with Crippen molar-refractivity contribution >= 4 is 10.9 Å². The van der Waals surface area contributed by atoms with Gasteiger partial charge < -0.3 is 28.3 Å². The van der Waals surface area contributed by atoms with Crippen LogP contribution >= 0.6 is 0 Å². The number of ether oxygens (including phenoxy) is 5. The van der Waals surface area contributed by atoms with Crippen molar-refractivity contribution in [1.82, 2.24) is 4.57 Å². The lowest BCUT2D eigenvalue weighted by Gasteiger charge is -2.26. The molecule has 0 radical (unpaired) electrons. The lowest BCUT2D eigenvalue weighted by atomic mass is 10.1. The minimum atomic E-state index is -0.654. The van der Waals surface area contributed by atoms with E-state index in [-0.39, 0.29) is 24.4 Å². The first kappa shape index (κ1) is 19.8. The Morgan fingerprint density at radius 2 is 1.83 bits per heavy atom. The first-order valence-corrected chi connectivity index (χ1v) is 10.6. The number of allylic oxidation sites excluding steroid dienone is 3. The molecule has 4 heterocycles. The van der Waals surface area contributed by atoms with Crippen LogP contribution < -0.4 is 0 Å². The molecule has 3 saturated heterocycles. The van der Waals surface area contributed by atoms with Crippen molar-refractivity contribution in [2.45, 2.75) is 70.2 Å². The van der Waals surface area contributed by atoms with E-state index in [1.807, 2.05) is 39.8 Å². The zero-order valence-corrected chi connectivity index (χ0v) is 17.9. The third-order valence-electron chi connectivity index (χ3n) is 5.78. The summed E-state index contributed by atoms with van der Waals surface area (Å²) < 4.78 is 32.5. The summed E-state index contributed by atoms with van der Waals surface area (Å²) in [6, 6.07) is 10.5. The molecule has 0 aliphatic carbocycles. The van der Waals surface area contributed by atoms with Crippen molar-refractivity contribution in [2.24, 2.45) is 0 Å². The van der Waals surface area contributed by atoms with E-state index >= 15 is 0 Å². The minimum Gasteiger partial charge on any atom is -0.486 e. The highest BCUT2D eigenvalue weighted by molar-refractivity contribution is 5.79. The number of para-hydroxylation sites is 1. The summed E-state index contributed by atoms with van der Waals surface area (Å²) in [4.78, 5) is 0. The fourth-order valence-electron chi connectivity index (χ4n) is 4.48. The standard InChI is InChI=1S/C24H29NO5/c1-23(2)26-15-19(28-23)20-22-21(29-24(3,4)30-22)18(27-20)11-7-8-13-25-14-12-16-9-5-6-10-17(16)25/h5-12,14,19-22H,13,15H2,1-4H3/b8-7+,18-11-/t19-,20-,21-,22+/m1/s1. The third-order valence-corrected chi connectivity index (χ3v) is 5.78. The molecule has 2 aromatic rings. The Morgan fingerprint density at radius 3 is 2.63 bits per heavy atom. The molecule has 0 bridgehead atoms. The van der Waals surface area contributed by atoms with Crippen LogP contribution in [0.3, 0.4) is 0 Å². The highest BCUT2D eigenvalue weighted by Gasteiger charge is 2.57. The molecule has 5 rings (SSSR count). The van der Waals surface area contributed by atoms with Crippen molar-refractivity contribution < 1.29 is 23.7 Å². The SMILES string of the molecule is CC1(C)O[C@H]2[C@@H]([C@H]3COC(C)(C)O3)O/C(=C\C=C\Cn3ccc4ccccc43)[C@H]2O1. The first-order chi connectivity index (χ1) is 14.3. The fourth-order valence-corrected chi connectivity index (χ4v) is 4.48. The summed E-state index contributed by atoms with van der Waals surface area (Å²) >= 11 is 0. The van der Waals surface area contributed by atoms with Crippen molar-refractivity contribution in [3.63, 3.8) is 0 Å². The second-order valence-corrected chi connectivity index (χ2v) is 8.99. The molecule has 3 fully saturated rings. The van der Waals surface area contributed by atoms with E-state index in [9.17, 15) is 0 Å². The van der Waals surface area contributed by atoms with Gasteiger partial charge in [0.15, 0.2) is 17.7 Å².